The Labute approximate surface area is 151 Å². The monoisotopic (exact) mass is 364 g/mol. The first kappa shape index (κ1) is 18.3. The largest absolute Gasteiger partial charge is 0.325 e. The maximum Gasteiger partial charge on any atom is 0.239 e. The van der Waals surface area contributed by atoms with Crippen LogP contribution in [0.15, 0.2) is 42.5 Å². The Morgan fingerprint density at radius 2 is 1.50 bits per heavy atom. The van der Waals surface area contributed by atoms with Gasteiger partial charge in [0.1, 0.15) is 5.41 Å². The van der Waals surface area contributed by atoms with Crippen LogP contribution in [0, 0.1) is 12.3 Å². The highest BCUT2D eigenvalue weighted by molar-refractivity contribution is 6.36. The zero-order chi connectivity index (χ0) is 17.9. The van der Waals surface area contributed by atoms with E-state index in [1.54, 1.807) is 32.0 Å². The Balaban J connectivity index is 2.14. The Kier molecular flexibility index (Phi) is 5.52. The molecule has 0 spiro atoms. The third kappa shape index (κ3) is 4.08. The number of carbonyl (C=O) groups is 2. The fraction of sp³-hybridized carbons (Fsp3) is 0.222. The van der Waals surface area contributed by atoms with Gasteiger partial charge in [0.05, 0.1) is 10.7 Å². The standard InChI is InChI=1S/C18H18Cl2N2O2/c1-11-6-4-5-7-14(11)21-16(23)18(2,3)17(24)22-15-9-8-12(19)10-13(15)20/h4-10H,1-3H3,(H,21,23)(H,22,24). The van der Waals surface area contributed by atoms with Crippen LogP contribution in [0.4, 0.5) is 11.4 Å². The third-order valence-corrected chi connectivity index (χ3v) is 4.26. The van der Waals surface area contributed by atoms with Crippen molar-refractivity contribution in [3.63, 3.8) is 0 Å². The minimum atomic E-state index is -1.29. The molecule has 0 heterocycles. The second kappa shape index (κ2) is 7.24. The predicted octanol–water partition coefficient (Wildman–Crippen LogP) is 4.91. The van der Waals surface area contributed by atoms with Gasteiger partial charge in [0.15, 0.2) is 0 Å². The van der Waals surface area contributed by atoms with Gasteiger partial charge in [-0.15, -0.1) is 0 Å². The Morgan fingerprint density at radius 1 is 0.917 bits per heavy atom. The maximum absolute atomic E-state index is 12.5. The van der Waals surface area contributed by atoms with Gasteiger partial charge in [0.2, 0.25) is 11.8 Å². The van der Waals surface area contributed by atoms with Gasteiger partial charge < -0.3 is 10.6 Å². The number of para-hydroxylation sites is 1. The number of hydrogen-bond donors (Lipinski definition) is 2. The first-order valence-corrected chi connectivity index (χ1v) is 8.11. The van der Waals surface area contributed by atoms with Gasteiger partial charge >= 0.3 is 0 Å². The van der Waals surface area contributed by atoms with Crippen molar-refractivity contribution in [1.29, 1.82) is 0 Å². The third-order valence-electron chi connectivity index (χ3n) is 3.71. The summed E-state index contributed by atoms with van der Waals surface area (Å²) < 4.78 is 0. The summed E-state index contributed by atoms with van der Waals surface area (Å²) in [5, 5.41) is 6.23. The molecule has 4 nitrogen and oxygen atoms in total. The van der Waals surface area contributed by atoms with E-state index in [0.29, 0.717) is 21.4 Å². The first-order chi connectivity index (χ1) is 11.2. The molecule has 0 aliphatic heterocycles. The molecule has 0 aliphatic rings. The number of anilines is 2. The molecule has 0 atom stereocenters. The van der Waals surface area contributed by atoms with Gasteiger partial charge in [-0.25, -0.2) is 0 Å². The zero-order valence-electron chi connectivity index (χ0n) is 13.6. The van der Waals surface area contributed by atoms with Crippen LogP contribution in [-0.2, 0) is 9.59 Å². The minimum absolute atomic E-state index is 0.311. The van der Waals surface area contributed by atoms with Crippen LogP contribution in [0.5, 0.6) is 0 Å². The molecule has 0 radical (unpaired) electrons. The number of amides is 2. The van der Waals surface area contributed by atoms with Crippen molar-refractivity contribution < 1.29 is 9.59 Å². The molecule has 0 saturated heterocycles. The van der Waals surface area contributed by atoms with Gasteiger partial charge in [-0.3, -0.25) is 9.59 Å². The van der Waals surface area contributed by atoms with Gasteiger partial charge in [0.25, 0.3) is 0 Å². The Morgan fingerprint density at radius 3 is 2.08 bits per heavy atom. The van der Waals surface area contributed by atoms with Gasteiger partial charge in [-0.1, -0.05) is 41.4 Å². The van der Waals surface area contributed by atoms with Crippen LogP contribution in [0.25, 0.3) is 0 Å². The zero-order valence-corrected chi connectivity index (χ0v) is 15.1. The number of halogens is 2. The summed E-state index contributed by atoms with van der Waals surface area (Å²) in [5.74, 6) is -0.864. The van der Waals surface area contributed by atoms with Crippen molar-refractivity contribution >= 4 is 46.4 Å². The summed E-state index contributed by atoms with van der Waals surface area (Å²) in [6, 6.07) is 12.1. The average Bonchev–Trinajstić information content (AvgIpc) is 2.52. The summed E-state index contributed by atoms with van der Waals surface area (Å²) in [4.78, 5) is 25.1. The molecule has 2 amide bonds. The van der Waals surface area contributed by atoms with Crippen LogP contribution < -0.4 is 10.6 Å². The van der Waals surface area contributed by atoms with Crippen molar-refractivity contribution in [2.75, 3.05) is 10.6 Å². The summed E-state index contributed by atoms with van der Waals surface area (Å²) >= 11 is 11.9. The lowest BCUT2D eigenvalue weighted by Crippen LogP contribution is -2.41. The summed E-state index contributed by atoms with van der Waals surface area (Å²) in [5.41, 5.74) is 0.712. The molecular formula is C18H18Cl2N2O2. The lowest BCUT2D eigenvalue weighted by atomic mass is 9.90. The maximum atomic E-state index is 12.5. The highest BCUT2D eigenvalue weighted by atomic mass is 35.5. The number of benzene rings is 2. The molecule has 2 rings (SSSR count). The lowest BCUT2D eigenvalue weighted by Gasteiger charge is -2.23. The van der Waals surface area contributed by atoms with Crippen LogP contribution in [-0.4, -0.2) is 11.8 Å². The molecule has 2 aromatic carbocycles. The second-order valence-corrected chi connectivity index (χ2v) is 6.82. The quantitative estimate of drug-likeness (QED) is 0.757. The Hall–Kier alpha value is -2.04. The molecule has 0 aliphatic carbocycles. The summed E-state index contributed by atoms with van der Waals surface area (Å²) in [6.07, 6.45) is 0. The lowest BCUT2D eigenvalue weighted by molar-refractivity contribution is -0.135. The fourth-order valence-electron chi connectivity index (χ4n) is 1.96. The van der Waals surface area contributed by atoms with Crippen LogP contribution in [0.1, 0.15) is 19.4 Å². The smallest absolute Gasteiger partial charge is 0.239 e. The van der Waals surface area contributed by atoms with Crippen molar-refractivity contribution in [1.82, 2.24) is 0 Å². The van der Waals surface area contributed by atoms with Crippen LogP contribution in [0.2, 0.25) is 10.0 Å². The average molecular weight is 365 g/mol. The number of carbonyl (C=O) groups excluding carboxylic acids is 2. The highest BCUT2D eigenvalue weighted by Crippen LogP contribution is 2.28. The molecular weight excluding hydrogens is 347 g/mol. The number of aryl methyl sites for hydroxylation is 1. The highest BCUT2D eigenvalue weighted by Gasteiger charge is 2.36. The van der Waals surface area contributed by atoms with E-state index >= 15 is 0 Å². The molecule has 2 N–H and O–H groups in total. The van der Waals surface area contributed by atoms with Crippen molar-refractivity contribution in [2.45, 2.75) is 20.8 Å². The number of nitrogens with one attached hydrogen (secondary N) is 2. The predicted molar refractivity (Wildman–Crippen MR) is 98.7 cm³/mol. The second-order valence-electron chi connectivity index (χ2n) is 5.97. The molecule has 0 saturated carbocycles. The van der Waals surface area contributed by atoms with Crippen molar-refractivity contribution in [2.24, 2.45) is 5.41 Å². The van der Waals surface area contributed by atoms with E-state index in [-0.39, 0.29) is 0 Å². The normalized spacial score (nSPS) is 11.0. The van der Waals surface area contributed by atoms with E-state index in [2.05, 4.69) is 10.6 Å². The Bertz CT molecular complexity index is 788. The van der Waals surface area contributed by atoms with Crippen molar-refractivity contribution in [3.05, 3.63) is 58.1 Å². The van der Waals surface area contributed by atoms with Gasteiger partial charge in [0, 0.05) is 10.7 Å². The molecule has 0 bridgehead atoms. The van der Waals surface area contributed by atoms with E-state index in [1.807, 2.05) is 25.1 Å². The van der Waals surface area contributed by atoms with Crippen LogP contribution in [0.3, 0.4) is 0 Å². The number of rotatable bonds is 4. The summed E-state index contributed by atoms with van der Waals surface area (Å²) in [7, 11) is 0. The van der Waals surface area contributed by atoms with Gasteiger partial charge in [-0.2, -0.15) is 0 Å². The number of hydrogen-bond acceptors (Lipinski definition) is 2. The van der Waals surface area contributed by atoms with E-state index < -0.39 is 17.2 Å². The molecule has 0 aromatic heterocycles. The molecule has 2 aromatic rings. The van der Waals surface area contributed by atoms with Gasteiger partial charge in [-0.05, 0) is 50.6 Å². The molecule has 0 unspecified atom stereocenters. The summed E-state index contributed by atoms with van der Waals surface area (Å²) in [6.45, 7) is 5.00. The van der Waals surface area contributed by atoms with E-state index in [9.17, 15) is 9.59 Å². The molecule has 0 fully saturated rings. The van der Waals surface area contributed by atoms with Crippen molar-refractivity contribution in [3.8, 4) is 0 Å². The van der Waals surface area contributed by atoms with E-state index in [1.165, 1.54) is 6.07 Å². The molecule has 6 heteroatoms. The van der Waals surface area contributed by atoms with E-state index in [4.69, 9.17) is 23.2 Å². The topological polar surface area (TPSA) is 58.2 Å². The SMILES string of the molecule is Cc1ccccc1NC(=O)C(C)(C)C(=O)Nc1ccc(Cl)cc1Cl. The van der Waals surface area contributed by atoms with Crippen LogP contribution >= 0.6 is 23.2 Å². The first-order valence-electron chi connectivity index (χ1n) is 7.35. The molecule has 24 heavy (non-hydrogen) atoms. The molecule has 126 valence electrons. The van der Waals surface area contributed by atoms with E-state index in [0.717, 1.165) is 5.56 Å². The fourth-order valence-corrected chi connectivity index (χ4v) is 2.42. The minimum Gasteiger partial charge on any atom is -0.325 e.